The minimum Gasteiger partial charge on any atom is -0.486 e. The van der Waals surface area contributed by atoms with Crippen molar-refractivity contribution in [1.29, 1.82) is 0 Å². The normalized spacial score (nSPS) is 10.6. The van der Waals surface area contributed by atoms with E-state index in [1.807, 2.05) is 19.3 Å². The number of hydrogen-bond acceptors (Lipinski definition) is 4. The standard InChI is InChI=1S/C14H18N2OS/c1-10-4-5-12(6-11(10)2)17-9-14-16-8-13(18-14)7-15-3/h4-6,8,15H,7,9H2,1-3H3. The summed E-state index contributed by atoms with van der Waals surface area (Å²) in [7, 11) is 1.94. The van der Waals surface area contributed by atoms with E-state index in [9.17, 15) is 0 Å². The van der Waals surface area contributed by atoms with Gasteiger partial charge in [0, 0.05) is 17.6 Å². The molecular weight excluding hydrogens is 244 g/mol. The van der Waals surface area contributed by atoms with Gasteiger partial charge in [0.2, 0.25) is 0 Å². The average molecular weight is 262 g/mol. The van der Waals surface area contributed by atoms with Crippen LogP contribution in [0, 0.1) is 13.8 Å². The number of aromatic nitrogens is 1. The molecule has 0 radical (unpaired) electrons. The first-order chi connectivity index (χ1) is 8.69. The van der Waals surface area contributed by atoms with Crippen LogP contribution in [-0.2, 0) is 13.2 Å². The van der Waals surface area contributed by atoms with E-state index >= 15 is 0 Å². The number of nitrogens with one attached hydrogen (secondary N) is 1. The topological polar surface area (TPSA) is 34.2 Å². The lowest BCUT2D eigenvalue weighted by atomic mass is 10.1. The van der Waals surface area contributed by atoms with E-state index in [4.69, 9.17) is 4.74 Å². The summed E-state index contributed by atoms with van der Waals surface area (Å²) >= 11 is 1.69. The maximum atomic E-state index is 5.75. The summed E-state index contributed by atoms with van der Waals surface area (Å²) in [5, 5.41) is 4.13. The molecule has 4 heteroatoms. The van der Waals surface area contributed by atoms with Gasteiger partial charge in [-0.05, 0) is 44.2 Å². The van der Waals surface area contributed by atoms with Crippen LogP contribution in [0.25, 0.3) is 0 Å². The van der Waals surface area contributed by atoms with Crippen LogP contribution in [0.1, 0.15) is 21.0 Å². The molecule has 2 aromatic rings. The highest BCUT2D eigenvalue weighted by atomic mass is 32.1. The first-order valence-electron chi connectivity index (χ1n) is 5.97. The summed E-state index contributed by atoms with van der Waals surface area (Å²) in [5.41, 5.74) is 2.54. The fourth-order valence-corrected chi connectivity index (χ4v) is 2.47. The van der Waals surface area contributed by atoms with Crippen molar-refractivity contribution < 1.29 is 4.74 Å². The van der Waals surface area contributed by atoms with Crippen LogP contribution < -0.4 is 10.1 Å². The lowest BCUT2D eigenvalue weighted by Crippen LogP contribution is -2.02. The van der Waals surface area contributed by atoms with Crippen molar-refractivity contribution in [3.05, 3.63) is 45.4 Å². The molecule has 1 heterocycles. The maximum Gasteiger partial charge on any atom is 0.140 e. The minimum absolute atomic E-state index is 0.539. The highest BCUT2D eigenvalue weighted by molar-refractivity contribution is 7.11. The van der Waals surface area contributed by atoms with Crippen molar-refractivity contribution in [2.24, 2.45) is 0 Å². The van der Waals surface area contributed by atoms with Crippen molar-refractivity contribution in [2.75, 3.05) is 7.05 Å². The number of benzene rings is 1. The van der Waals surface area contributed by atoms with Gasteiger partial charge in [-0.3, -0.25) is 0 Å². The summed E-state index contributed by atoms with van der Waals surface area (Å²) in [6.07, 6.45) is 1.90. The van der Waals surface area contributed by atoms with E-state index < -0.39 is 0 Å². The fraction of sp³-hybridized carbons (Fsp3) is 0.357. The van der Waals surface area contributed by atoms with E-state index in [1.54, 1.807) is 11.3 Å². The first kappa shape index (κ1) is 13.1. The molecule has 0 bridgehead atoms. The Morgan fingerprint density at radius 1 is 1.28 bits per heavy atom. The van der Waals surface area contributed by atoms with Crippen LogP contribution in [0.3, 0.4) is 0 Å². The molecule has 0 saturated carbocycles. The fourth-order valence-electron chi connectivity index (χ4n) is 1.62. The van der Waals surface area contributed by atoms with Crippen LogP contribution in [0.15, 0.2) is 24.4 Å². The molecule has 0 amide bonds. The molecular formula is C14H18N2OS. The van der Waals surface area contributed by atoms with Gasteiger partial charge in [-0.2, -0.15) is 0 Å². The Balaban J connectivity index is 1.95. The Hall–Kier alpha value is -1.39. The Morgan fingerprint density at radius 2 is 2.11 bits per heavy atom. The van der Waals surface area contributed by atoms with Crippen LogP contribution in [0.5, 0.6) is 5.75 Å². The van der Waals surface area contributed by atoms with Gasteiger partial charge in [0.15, 0.2) is 0 Å². The van der Waals surface area contributed by atoms with Crippen molar-refractivity contribution in [1.82, 2.24) is 10.3 Å². The zero-order chi connectivity index (χ0) is 13.0. The van der Waals surface area contributed by atoms with Gasteiger partial charge in [-0.15, -0.1) is 11.3 Å². The highest BCUT2D eigenvalue weighted by Gasteiger charge is 2.03. The summed E-state index contributed by atoms with van der Waals surface area (Å²) in [4.78, 5) is 5.58. The van der Waals surface area contributed by atoms with Crippen molar-refractivity contribution in [3.63, 3.8) is 0 Å². The number of thiazole rings is 1. The third kappa shape index (κ3) is 3.31. The van der Waals surface area contributed by atoms with E-state index in [0.717, 1.165) is 17.3 Å². The predicted molar refractivity (Wildman–Crippen MR) is 75.1 cm³/mol. The van der Waals surface area contributed by atoms with Crippen LogP contribution >= 0.6 is 11.3 Å². The number of nitrogens with zero attached hydrogens (tertiary/aromatic N) is 1. The summed E-state index contributed by atoms with van der Waals surface area (Å²) < 4.78 is 5.75. The number of ether oxygens (including phenoxy) is 1. The second-order valence-electron chi connectivity index (χ2n) is 4.29. The zero-order valence-electron chi connectivity index (χ0n) is 11.0. The molecule has 0 spiro atoms. The van der Waals surface area contributed by atoms with Gasteiger partial charge < -0.3 is 10.1 Å². The molecule has 1 N–H and O–H groups in total. The summed E-state index contributed by atoms with van der Waals surface area (Å²) in [6.45, 7) is 5.60. The molecule has 0 unspecified atom stereocenters. The minimum atomic E-state index is 0.539. The highest BCUT2D eigenvalue weighted by Crippen LogP contribution is 2.19. The molecule has 0 aliphatic rings. The Morgan fingerprint density at radius 3 is 2.83 bits per heavy atom. The van der Waals surface area contributed by atoms with Crippen molar-refractivity contribution >= 4 is 11.3 Å². The Bertz CT molecular complexity index is 522. The quantitative estimate of drug-likeness (QED) is 0.899. The molecule has 0 aliphatic carbocycles. The number of rotatable bonds is 5. The van der Waals surface area contributed by atoms with E-state index in [-0.39, 0.29) is 0 Å². The molecule has 0 aliphatic heterocycles. The van der Waals surface area contributed by atoms with E-state index in [0.29, 0.717) is 6.61 Å². The van der Waals surface area contributed by atoms with Crippen LogP contribution in [-0.4, -0.2) is 12.0 Å². The molecule has 2 rings (SSSR count). The molecule has 0 saturated heterocycles. The van der Waals surface area contributed by atoms with Gasteiger partial charge in [0.1, 0.15) is 17.4 Å². The predicted octanol–water partition coefficient (Wildman–Crippen LogP) is 3.06. The number of hydrogen-bond donors (Lipinski definition) is 1. The lowest BCUT2D eigenvalue weighted by Gasteiger charge is -2.06. The lowest BCUT2D eigenvalue weighted by molar-refractivity contribution is 0.305. The van der Waals surface area contributed by atoms with Crippen molar-refractivity contribution in [2.45, 2.75) is 27.0 Å². The zero-order valence-corrected chi connectivity index (χ0v) is 11.8. The Labute approximate surface area is 112 Å². The Kier molecular flexibility index (Phi) is 4.33. The summed E-state index contributed by atoms with van der Waals surface area (Å²) in [5.74, 6) is 0.906. The van der Waals surface area contributed by atoms with Gasteiger partial charge in [0.25, 0.3) is 0 Å². The smallest absolute Gasteiger partial charge is 0.140 e. The molecule has 96 valence electrons. The second kappa shape index (κ2) is 5.98. The molecule has 1 aromatic heterocycles. The van der Waals surface area contributed by atoms with Crippen molar-refractivity contribution in [3.8, 4) is 5.75 Å². The number of aryl methyl sites for hydroxylation is 2. The maximum absolute atomic E-state index is 5.75. The SMILES string of the molecule is CNCc1cnc(COc2ccc(C)c(C)c2)s1. The third-order valence-corrected chi connectivity index (χ3v) is 3.76. The average Bonchev–Trinajstić information content (AvgIpc) is 2.79. The van der Waals surface area contributed by atoms with Crippen LogP contribution in [0.2, 0.25) is 0 Å². The summed E-state index contributed by atoms with van der Waals surface area (Å²) in [6, 6.07) is 6.15. The van der Waals surface area contributed by atoms with Crippen LogP contribution in [0.4, 0.5) is 0 Å². The van der Waals surface area contributed by atoms with Gasteiger partial charge in [0.05, 0.1) is 0 Å². The van der Waals surface area contributed by atoms with Gasteiger partial charge >= 0.3 is 0 Å². The largest absolute Gasteiger partial charge is 0.486 e. The molecule has 3 nitrogen and oxygen atoms in total. The van der Waals surface area contributed by atoms with Gasteiger partial charge in [-0.25, -0.2) is 4.98 Å². The monoisotopic (exact) mass is 262 g/mol. The van der Waals surface area contributed by atoms with E-state index in [2.05, 4.69) is 36.3 Å². The molecule has 18 heavy (non-hydrogen) atoms. The second-order valence-corrected chi connectivity index (χ2v) is 5.49. The molecule has 0 atom stereocenters. The third-order valence-electron chi connectivity index (χ3n) is 2.79. The van der Waals surface area contributed by atoms with Gasteiger partial charge in [-0.1, -0.05) is 6.07 Å². The van der Waals surface area contributed by atoms with E-state index in [1.165, 1.54) is 16.0 Å². The first-order valence-corrected chi connectivity index (χ1v) is 6.79. The molecule has 0 fully saturated rings. The molecule has 1 aromatic carbocycles.